The Morgan fingerprint density at radius 2 is 1.15 bits per heavy atom. The van der Waals surface area contributed by atoms with Crippen LogP contribution >= 0.6 is 0 Å². The maximum absolute atomic E-state index is 5.63. The Balaban J connectivity index is 2.15. The fourth-order valence-corrected chi connectivity index (χ4v) is 3.44. The number of hydrogen-bond acceptors (Lipinski definition) is 6. The minimum atomic E-state index is -0.0479. The molecule has 0 aromatic heterocycles. The van der Waals surface area contributed by atoms with Crippen LogP contribution in [0.25, 0.3) is 0 Å². The molecule has 1 N–H and O–H groups in total. The predicted molar refractivity (Wildman–Crippen MR) is 99.2 cm³/mol. The predicted octanol–water partition coefficient (Wildman–Crippen LogP) is 2.96. The molecule has 0 saturated carbocycles. The molecule has 26 heavy (non-hydrogen) atoms. The summed E-state index contributed by atoms with van der Waals surface area (Å²) in [6.45, 7) is 0.852. The van der Waals surface area contributed by atoms with E-state index in [-0.39, 0.29) is 6.04 Å². The first-order valence-corrected chi connectivity index (χ1v) is 8.44. The van der Waals surface area contributed by atoms with Crippen molar-refractivity contribution < 1.29 is 23.7 Å². The van der Waals surface area contributed by atoms with E-state index in [0.29, 0.717) is 17.2 Å². The Hall–Kier alpha value is -2.60. The molecule has 6 heteroatoms. The molecule has 1 aliphatic rings. The van der Waals surface area contributed by atoms with Gasteiger partial charge in [-0.2, -0.15) is 0 Å². The fraction of sp³-hybridized carbons (Fsp3) is 0.400. The molecule has 1 atom stereocenters. The number of nitrogens with one attached hydrogen (secondary N) is 1. The van der Waals surface area contributed by atoms with Gasteiger partial charge in [0, 0.05) is 18.2 Å². The number of fused-ring (bicyclic) bond motifs is 1. The summed E-state index contributed by atoms with van der Waals surface area (Å²) in [6.07, 6.45) is 0.918. The van der Waals surface area contributed by atoms with Crippen LogP contribution in [0.3, 0.4) is 0 Å². The molecule has 0 amide bonds. The van der Waals surface area contributed by atoms with Gasteiger partial charge in [0.15, 0.2) is 23.0 Å². The average molecular weight is 359 g/mol. The van der Waals surface area contributed by atoms with Gasteiger partial charge >= 0.3 is 0 Å². The third-order valence-corrected chi connectivity index (χ3v) is 4.75. The van der Waals surface area contributed by atoms with Crippen molar-refractivity contribution in [3.63, 3.8) is 0 Å². The van der Waals surface area contributed by atoms with E-state index < -0.39 is 0 Å². The monoisotopic (exact) mass is 359 g/mol. The number of rotatable bonds is 6. The molecule has 0 unspecified atom stereocenters. The summed E-state index contributed by atoms with van der Waals surface area (Å²) in [6, 6.07) is 7.84. The van der Waals surface area contributed by atoms with Gasteiger partial charge in [-0.3, -0.25) is 0 Å². The molecule has 2 aromatic rings. The van der Waals surface area contributed by atoms with E-state index in [1.165, 1.54) is 5.56 Å². The first kappa shape index (κ1) is 18.2. The van der Waals surface area contributed by atoms with Gasteiger partial charge in [-0.25, -0.2) is 0 Å². The highest BCUT2D eigenvalue weighted by molar-refractivity contribution is 5.57. The summed E-state index contributed by atoms with van der Waals surface area (Å²) < 4.78 is 27.4. The molecule has 140 valence electrons. The Kier molecular flexibility index (Phi) is 5.42. The van der Waals surface area contributed by atoms with Crippen LogP contribution in [0.5, 0.6) is 28.7 Å². The van der Waals surface area contributed by atoms with Crippen LogP contribution < -0.4 is 29.0 Å². The second-order valence-electron chi connectivity index (χ2n) is 5.99. The van der Waals surface area contributed by atoms with Crippen molar-refractivity contribution in [2.45, 2.75) is 12.5 Å². The maximum atomic E-state index is 5.63. The standard InChI is InChI=1S/C20H25NO5/c1-22-15-11-19(26-5)18(25-4)10-14(15)20-13-9-17(24-3)16(23-2)8-12(13)6-7-21-20/h8-11,20-21H,6-7H2,1-5H3/t20-/m0/s1. The van der Waals surface area contributed by atoms with Gasteiger partial charge in [-0.1, -0.05) is 0 Å². The number of hydrogen-bond donors (Lipinski definition) is 1. The van der Waals surface area contributed by atoms with Gasteiger partial charge in [0.25, 0.3) is 0 Å². The second kappa shape index (κ2) is 7.74. The van der Waals surface area contributed by atoms with Crippen molar-refractivity contribution in [1.29, 1.82) is 0 Å². The largest absolute Gasteiger partial charge is 0.496 e. The third-order valence-electron chi connectivity index (χ3n) is 4.75. The Labute approximate surface area is 154 Å². The van der Waals surface area contributed by atoms with Gasteiger partial charge in [0.2, 0.25) is 0 Å². The molecule has 0 saturated heterocycles. The van der Waals surface area contributed by atoms with Gasteiger partial charge in [0.05, 0.1) is 41.6 Å². The minimum absolute atomic E-state index is 0.0479. The molecule has 0 bridgehead atoms. The summed E-state index contributed by atoms with van der Waals surface area (Å²) in [4.78, 5) is 0. The van der Waals surface area contributed by atoms with Crippen LogP contribution in [0.1, 0.15) is 22.7 Å². The van der Waals surface area contributed by atoms with Crippen molar-refractivity contribution in [3.05, 3.63) is 41.0 Å². The molecule has 0 aliphatic carbocycles. The van der Waals surface area contributed by atoms with E-state index in [1.807, 2.05) is 18.2 Å². The van der Waals surface area contributed by atoms with Crippen molar-refractivity contribution in [3.8, 4) is 28.7 Å². The molecular weight excluding hydrogens is 334 g/mol. The molecular formula is C20H25NO5. The molecule has 0 radical (unpaired) electrons. The second-order valence-corrected chi connectivity index (χ2v) is 5.99. The highest BCUT2D eigenvalue weighted by Gasteiger charge is 2.27. The Bertz CT molecular complexity index is 790. The van der Waals surface area contributed by atoms with E-state index in [9.17, 15) is 0 Å². The van der Waals surface area contributed by atoms with Gasteiger partial charge in [-0.15, -0.1) is 0 Å². The highest BCUT2D eigenvalue weighted by Crippen LogP contribution is 2.43. The normalized spacial score (nSPS) is 15.8. The minimum Gasteiger partial charge on any atom is -0.496 e. The molecule has 0 fully saturated rings. The van der Waals surface area contributed by atoms with E-state index in [2.05, 4.69) is 11.4 Å². The molecule has 6 nitrogen and oxygen atoms in total. The number of methoxy groups -OCH3 is 5. The average Bonchev–Trinajstić information content (AvgIpc) is 2.70. The van der Waals surface area contributed by atoms with Gasteiger partial charge in [0.1, 0.15) is 5.75 Å². The zero-order valence-corrected chi connectivity index (χ0v) is 15.8. The Morgan fingerprint density at radius 1 is 0.654 bits per heavy atom. The van der Waals surface area contributed by atoms with Crippen molar-refractivity contribution >= 4 is 0 Å². The highest BCUT2D eigenvalue weighted by atomic mass is 16.5. The van der Waals surface area contributed by atoms with E-state index in [0.717, 1.165) is 35.6 Å². The zero-order chi connectivity index (χ0) is 18.7. The number of ether oxygens (including phenoxy) is 5. The van der Waals surface area contributed by atoms with Crippen LogP contribution in [0, 0.1) is 0 Å². The first-order chi connectivity index (χ1) is 12.7. The van der Waals surface area contributed by atoms with Crippen LogP contribution in [-0.4, -0.2) is 42.1 Å². The zero-order valence-electron chi connectivity index (χ0n) is 15.8. The lowest BCUT2D eigenvalue weighted by Crippen LogP contribution is -2.31. The smallest absolute Gasteiger partial charge is 0.164 e. The lowest BCUT2D eigenvalue weighted by atomic mass is 9.88. The van der Waals surface area contributed by atoms with E-state index >= 15 is 0 Å². The lowest BCUT2D eigenvalue weighted by Gasteiger charge is -2.30. The van der Waals surface area contributed by atoms with Crippen LogP contribution in [0.15, 0.2) is 24.3 Å². The first-order valence-electron chi connectivity index (χ1n) is 8.44. The van der Waals surface area contributed by atoms with Gasteiger partial charge < -0.3 is 29.0 Å². The molecule has 0 spiro atoms. The van der Waals surface area contributed by atoms with Crippen molar-refractivity contribution in [2.24, 2.45) is 0 Å². The Morgan fingerprint density at radius 3 is 1.73 bits per heavy atom. The van der Waals surface area contributed by atoms with Crippen LogP contribution in [0.2, 0.25) is 0 Å². The molecule has 2 aromatic carbocycles. The van der Waals surface area contributed by atoms with Crippen molar-refractivity contribution in [1.82, 2.24) is 5.32 Å². The number of benzene rings is 2. The van der Waals surface area contributed by atoms with E-state index in [1.54, 1.807) is 35.5 Å². The molecule has 1 aliphatic heterocycles. The summed E-state index contributed by atoms with van der Waals surface area (Å²) in [7, 11) is 8.20. The van der Waals surface area contributed by atoms with Crippen LogP contribution in [-0.2, 0) is 6.42 Å². The molecule has 1 heterocycles. The van der Waals surface area contributed by atoms with Crippen LogP contribution in [0.4, 0.5) is 0 Å². The third kappa shape index (κ3) is 3.12. The topological polar surface area (TPSA) is 58.2 Å². The summed E-state index contributed by atoms with van der Waals surface area (Å²) >= 11 is 0. The summed E-state index contributed by atoms with van der Waals surface area (Å²) in [5.74, 6) is 3.49. The van der Waals surface area contributed by atoms with E-state index in [4.69, 9.17) is 23.7 Å². The lowest BCUT2D eigenvalue weighted by molar-refractivity contribution is 0.345. The van der Waals surface area contributed by atoms with Gasteiger partial charge in [-0.05, 0) is 35.7 Å². The molecule has 3 rings (SSSR count). The summed E-state index contributed by atoms with van der Waals surface area (Å²) in [5, 5.41) is 3.57. The van der Waals surface area contributed by atoms with Crippen molar-refractivity contribution in [2.75, 3.05) is 42.1 Å². The summed E-state index contributed by atoms with van der Waals surface area (Å²) in [5.41, 5.74) is 3.35. The quantitative estimate of drug-likeness (QED) is 0.856. The fourth-order valence-electron chi connectivity index (χ4n) is 3.44. The maximum Gasteiger partial charge on any atom is 0.164 e. The SMILES string of the molecule is COc1cc2c(cc1OC)[C@@H](c1cc(OC)c(OC)cc1OC)NCC2.